The minimum atomic E-state index is 0.792. The highest BCUT2D eigenvalue weighted by Gasteiger charge is 2.22. The van der Waals surface area contributed by atoms with Crippen molar-refractivity contribution < 1.29 is 0 Å². The summed E-state index contributed by atoms with van der Waals surface area (Å²) in [6.07, 6.45) is 5.33. The molecular formula is C19H20N6. The maximum absolute atomic E-state index is 4.44. The minimum absolute atomic E-state index is 0.792. The van der Waals surface area contributed by atoms with Gasteiger partial charge in [0.15, 0.2) is 5.82 Å². The molecule has 4 rings (SSSR count). The van der Waals surface area contributed by atoms with Gasteiger partial charge < -0.3 is 9.80 Å². The SMILES string of the molecule is Cc1ccccc1-c1ccnnc1N1CCN(c2ncccn2)CC1. The summed E-state index contributed by atoms with van der Waals surface area (Å²) in [5.41, 5.74) is 3.59. The third-order valence-electron chi connectivity index (χ3n) is 4.55. The van der Waals surface area contributed by atoms with Gasteiger partial charge in [-0.15, -0.1) is 5.10 Å². The first-order chi connectivity index (χ1) is 12.3. The molecule has 0 radical (unpaired) electrons. The van der Waals surface area contributed by atoms with Gasteiger partial charge in [0, 0.05) is 44.1 Å². The highest BCUT2D eigenvalue weighted by atomic mass is 15.3. The van der Waals surface area contributed by atoms with Crippen molar-refractivity contribution >= 4 is 11.8 Å². The molecule has 0 amide bonds. The molecule has 0 unspecified atom stereocenters. The second-order valence-electron chi connectivity index (χ2n) is 6.11. The summed E-state index contributed by atoms with van der Waals surface area (Å²) in [5.74, 6) is 1.74. The molecule has 3 aromatic rings. The number of hydrogen-bond donors (Lipinski definition) is 0. The van der Waals surface area contributed by atoms with Gasteiger partial charge >= 0.3 is 0 Å². The lowest BCUT2D eigenvalue weighted by Gasteiger charge is -2.35. The number of nitrogens with zero attached hydrogens (tertiary/aromatic N) is 6. The second-order valence-corrected chi connectivity index (χ2v) is 6.11. The van der Waals surface area contributed by atoms with E-state index in [2.05, 4.69) is 67.2 Å². The average molecular weight is 332 g/mol. The maximum atomic E-state index is 4.44. The zero-order valence-corrected chi connectivity index (χ0v) is 14.2. The first-order valence-electron chi connectivity index (χ1n) is 8.47. The van der Waals surface area contributed by atoms with Crippen LogP contribution in [0.3, 0.4) is 0 Å². The predicted molar refractivity (Wildman–Crippen MR) is 98.7 cm³/mol. The van der Waals surface area contributed by atoms with Gasteiger partial charge in [0.1, 0.15) is 0 Å². The number of aromatic nitrogens is 4. The van der Waals surface area contributed by atoms with Gasteiger partial charge in [0.25, 0.3) is 0 Å². The molecule has 1 aromatic carbocycles. The molecule has 6 nitrogen and oxygen atoms in total. The normalized spacial score (nSPS) is 14.6. The molecule has 6 heteroatoms. The first-order valence-corrected chi connectivity index (χ1v) is 8.47. The van der Waals surface area contributed by atoms with Crippen LogP contribution in [0.5, 0.6) is 0 Å². The number of rotatable bonds is 3. The Balaban J connectivity index is 1.57. The lowest BCUT2D eigenvalue weighted by atomic mass is 10.0. The Labute approximate surface area is 147 Å². The van der Waals surface area contributed by atoms with E-state index in [1.807, 2.05) is 6.07 Å². The van der Waals surface area contributed by atoms with E-state index in [4.69, 9.17) is 0 Å². The molecule has 25 heavy (non-hydrogen) atoms. The molecule has 0 N–H and O–H groups in total. The lowest BCUT2D eigenvalue weighted by Crippen LogP contribution is -2.47. The van der Waals surface area contributed by atoms with E-state index in [0.29, 0.717) is 0 Å². The van der Waals surface area contributed by atoms with Crippen molar-refractivity contribution in [3.8, 4) is 11.1 Å². The highest BCUT2D eigenvalue weighted by Crippen LogP contribution is 2.31. The van der Waals surface area contributed by atoms with Crippen molar-refractivity contribution in [2.75, 3.05) is 36.0 Å². The van der Waals surface area contributed by atoms with E-state index in [0.717, 1.165) is 43.5 Å². The van der Waals surface area contributed by atoms with Crippen LogP contribution in [-0.4, -0.2) is 46.3 Å². The van der Waals surface area contributed by atoms with Crippen LogP contribution < -0.4 is 9.80 Å². The Kier molecular flexibility index (Phi) is 4.24. The largest absolute Gasteiger partial charge is 0.351 e. The van der Waals surface area contributed by atoms with Crippen molar-refractivity contribution in [2.45, 2.75) is 6.92 Å². The first kappa shape index (κ1) is 15.5. The monoisotopic (exact) mass is 332 g/mol. The molecular weight excluding hydrogens is 312 g/mol. The molecule has 0 atom stereocenters. The Hall–Kier alpha value is -3.02. The fourth-order valence-corrected chi connectivity index (χ4v) is 3.22. The molecule has 2 aromatic heterocycles. The second kappa shape index (κ2) is 6.84. The summed E-state index contributed by atoms with van der Waals surface area (Å²) in [4.78, 5) is 13.2. The van der Waals surface area contributed by atoms with Crippen LogP contribution in [0.25, 0.3) is 11.1 Å². The van der Waals surface area contributed by atoms with Gasteiger partial charge in [-0.25, -0.2) is 9.97 Å². The minimum Gasteiger partial charge on any atom is -0.351 e. The van der Waals surface area contributed by atoms with E-state index in [9.17, 15) is 0 Å². The summed E-state index contributed by atoms with van der Waals surface area (Å²) < 4.78 is 0. The molecule has 1 aliphatic heterocycles. The Bertz CT molecular complexity index is 843. The van der Waals surface area contributed by atoms with Crippen LogP contribution >= 0.6 is 0 Å². The Morgan fingerprint density at radius 2 is 1.48 bits per heavy atom. The van der Waals surface area contributed by atoms with E-state index in [-0.39, 0.29) is 0 Å². The Morgan fingerprint density at radius 3 is 2.24 bits per heavy atom. The van der Waals surface area contributed by atoms with Gasteiger partial charge in [0.2, 0.25) is 5.95 Å². The lowest BCUT2D eigenvalue weighted by molar-refractivity contribution is 0.632. The Morgan fingerprint density at radius 1 is 0.760 bits per heavy atom. The van der Waals surface area contributed by atoms with Crippen molar-refractivity contribution in [3.05, 3.63) is 60.6 Å². The zero-order valence-electron chi connectivity index (χ0n) is 14.2. The van der Waals surface area contributed by atoms with Crippen LogP contribution in [0.15, 0.2) is 55.0 Å². The molecule has 0 saturated carbocycles. The van der Waals surface area contributed by atoms with Crippen molar-refractivity contribution in [3.63, 3.8) is 0 Å². The number of hydrogen-bond acceptors (Lipinski definition) is 6. The molecule has 3 heterocycles. The third-order valence-corrected chi connectivity index (χ3v) is 4.55. The molecule has 126 valence electrons. The number of anilines is 2. The van der Waals surface area contributed by atoms with E-state index >= 15 is 0 Å². The quantitative estimate of drug-likeness (QED) is 0.735. The zero-order chi connectivity index (χ0) is 17.1. The number of benzene rings is 1. The van der Waals surface area contributed by atoms with E-state index < -0.39 is 0 Å². The van der Waals surface area contributed by atoms with Crippen molar-refractivity contribution in [2.24, 2.45) is 0 Å². The van der Waals surface area contributed by atoms with Crippen LogP contribution in [0.4, 0.5) is 11.8 Å². The maximum Gasteiger partial charge on any atom is 0.225 e. The standard InChI is InChI=1S/C19H20N6/c1-15-5-2-3-6-16(15)17-7-10-22-23-18(17)24-11-13-25(14-12-24)19-20-8-4-9-21-19/h2-10H,11-14H2,1H3. The summed E-state index contributed by atoms with van der Waals surface area (Å²) in [6, 6.07) is 12.3. The molecule has 1 fully saturated rings. The van der Waals surface area contributed by atoms with Crippen molar-refractivity contribution in [1.29, 1.82) is 0 Å². The molecule has 0 bridgehead atoms. The van der Waals surface area contributed by atoms with Gasteiger partial charge in [-0.05, 0) is 30.2 Å². The predicted octanol–water partition coefficient (Wildman–Crippen LogP) is 2.57. The fourth-order valence-electron chi connectivity index (χ4n) is 3.22. The van der Waals surface area contributed by atoms with Crippen molar-refractivity contribution in [1.82, 2.24) is 20.2 Å². The van der Waals surface area contributed by atoms with Gasteiger partial charge in [0.05, 0.1) is 6.20 Å². The van der Waals surface area contributed by atoms with Gasteiger partial charge in [-0.1, -0.05) is 24.3 Å². The highest BCUT2D eigenvalue weighted by molar-refractivity contribution is 5.77. The topological polar surface area (TPSA) is 58.0 Å². The molecule has 1 aliphatic rings. The average Bonchev–Trinajstić information content (AvgIpc) is 2.69. The van der Waals surface area contributed by atoms with Crippen LogP contribution in [0, 0.1) is 6.92 Å². The smallest absolute Gasteiger partial charge is 0.225 e. The van der Waals surface area contributed by atoms with E-state index in [1.54, 1.807) is 18.6 Å². The van der Waals surface area contributed by atoms with Gasteiger partial charge in [-0.2, -0.15) is 5.10 Å². The summed E-state index contributed by atoms with van der Waals surface area (Å²) in [5, 5.41) is 8.57. The summed E-state index contributed by atoms with van der Waals surface area (Å²) in [7, 11) is 0. The number of aryl methyl sites for hydroxylation is 1. The third kappa shape index (κ3) is 3.15. The van der Waals surface area contributed by atoms with Crippen LogP contribution in [0.2, 0.25) is 0 Å². The number of piperazine rings is 1. The fraction of sp³-hybridized carbons (Fsp3) is 0.263. The molecule has 0 aliphatic carbocycles. The summed E-state index contributed by atoms with van der Waals surface area (Å²) >= 11 is 0. The van der Waals surface area contributed by atoms with Crippen LogP contribution in [-0.2, 0) is 0 Å². The van der Waals surface area contributed by atoms with E-state index in [1.165, 1.54) is 11.1 Å². The van der Waals surface area contributed by atoms with Gasteiger partial charge in [-0.3, -0.25) is 0 Å². The molecule has 1 saturated heterocycles. The summed E-state index contributed by atoms with van der Waals surface area (Å²) in [6.45, 7) is 5.61. The molecule has 0 spiro atoms. The van der Waals surface area contributed by atoms with Crippen LogP contribution in [0.1, 0.15) is 5.56 Å².